The number of hydrogen-bond acceptors (Lipinski definition) is 1. The van der Waals surface area contributed by atoms with Gasteiger partial charge in [0, 0.05) is 27.8 Å². The van der Waals surface area contributed by atoms with E-state index in [-0.39, 0.29) is 10.8 Å². The third kappa shape index (κ3) is 5.54. The zero-order chi connectivity index (χ0) is 41.4. The molecule has 1 saturated carbocycles. The lowest BCUT2D eigenvalue weighted by Crippen LogP contribution is -2.28. The molecular weight excluding hydrogens is 747 g/mol. The molecule has 0 saturated heterocycles. The van der Waals surface area contributed by atoms with Crippen molar-refractivity contribution in [2.75, 3.05) is 4.90 Å². The highest BCUT2D eigenvalue weighted by molar-refractivity contribution is 6.09. The van der Waals surface area contributed by atoms with Crippen LogP contribution in [0, 0.1) is 0 Å². The molecule has 3 aliphatic carbocycles. The van der Waals surface area contributed by atoms with Crippen LogP contribution in [0.25, 0.3) is 66.4 Å². The second-order valence-electron chi connectivity index (χ2n) is 18.3. The first-order valence-corrected chi connectivity index (χ1v) is 22.6. The molecule has 0 unspecified atom stereocenters. The zero-order valence-electron chi connectivity index (χ0n) is 35.5. The van der Waals surface area contributed by atoms with Crippen molar-refractivity contribution in [3.63, 3.8) is 0 Å². The van der Waals surface area contributed by atoms with Gasteiger partial charge in [0.05, 0.1) is 5.69 Å². The Morgan fingerprint density at radius 2 is 0.919 bits per heavy atom. The lowest BCUT2D eigenvalue weighted by molar-refractivity contribution is 0.353. The van der Waals surface area contributed by atoms with Crippen LogP contribution in [-0.4, -0.2) is 0 Å². The molecule has 0 atom stereocenters. The standard InChI is InChI=1S/C61H49N/c1-60(2)54-29-10-7-23-49(54)53-28-17-26-47(59(53)60)42-32-34-44(35-33-42)62(45-36-37-50-48-22-8-11-30-55(48)61(56(50)40-45)38-13-4-14-39-61)57-31-12-9-24-51(57)52-27-16-21-43-20-15-25-46(58(43)52)41-18-5-3-6-19-41/h3,5-12,15-37,40H,4,13-14,38-39H2,1-2H3. The summed E-state index contributed by atoms with van der Waals surface area (Å²) in [6.07, 6.45) is 6.25. The minimum absolute atomic E-state index is 0.0491. The summed E-state index contributed by atoms with van der Waals surface area (Å²) in [5.74, 6) is 0. The zero-order valence-corrected chi connectivity index (χ0v) is 35.5. The first kappa shape index (κ1) is 36.9. The molecule has 1 spiro atoms. The normalized spacial score (nSPS) is 15.2. The van der Waals surface area contributed by atoms with Gasteiger partial charge >= 0.3 is 0 Å². The van der Waals surface area contributed by atoms with Gasteiger partial charge < -0.3 is 4.90 Å². The number of anilines is 3. The molecule has 0 aromatic heterocycles. The first-order chi connectivity index (χ1) is 30.5. The molecule has 0 N–H and O–H groups in total. The van der Waals surface area contributed by atoms with Gasteiger partial charge in [-0.1, -0.05) is 203 Å². The molecule has 298 valence electrons. The average Bonchev–Trinajstić information content (AvgIpc) is 3.73. The van der Waals surface area contributed by atoms with Crippen LogP contribution in [0.1, 0.15) is 68.2 Å². The molecular formula is C61H49N. The van der Waals surface area contributed by atoms with E-state index in [1.54, 1.807) is 0 Å². The second-order valence-corrected chi connectivity index (χ2v) is 18.3. The van der Waals surface area contributed by atoms with Crippen molar-refractivity contribution in [3.8, 4) is 55.6 Å². The summed E-state index contributed by atoms with van der Waals surface area (Å²) in [6, 6.07) is 75.3. The molecule has 0 amide bonds. The van der Waals surface area contributed by atoms with Crippen LogP contribution in [0.15, 0.2) is 200 Å². The summed E-state index contributed by atoms with van der Waals surface area (Å²) in [6.45, 7) is 4.77. The third-order valence-electron chi connectivity index (χ3n) is 14.7. The molecule has 3 aliphatic rings. The highest BCUT2D eigenvalue weighted by Gasteiger charge is 2.44. The van der Waals surface area contributed by atoms with Gasteiger partial charge in [0.1, 0.15) is 0 Å². The van der Waals surface area contributed by atoms with Crippen molar-refractivity contribution in [3.05, 3.63) is 222 Å². The molecule has 12 rings (SSSR count). The monoisotopic (exact) mass is 795 g/mol. The van der Waals surface area contributed by atoms with Gasteiger partial charge in [0.2, 0.25) is 0 Å². The Labute approximate surface area is 366 Å². The van der Waals surface area contributed by atoms with Gasteiger partial charge in [-0.05, 0) is 126 Å². The summed E-state index contributed by atoms with van der Waals surface area (Å²) in [5.41, 5.74) is 22.3. The predicted octanol–water partition coefficient (Wildman–Crippen LogP) is 16.8. The summed E-state index contributed by atoms with van der Waals surface area (Å²) < 4.78 is 0. The number of nitrogens with zero attached hydrogens (tertiary/aromatic N) is 1. The van der Waals surface area contributed by atoms with Crippen molar-refractivity contribution >= 4 is 27.8 Å². The molecule has 1 fully saturated rings. The molecule has 9 aromatic carbocycles. The van der Waals surface area contributed by atoms with E-state index < -0.39 is 0 Å². The van der Waals surface area contributed by atoms with Crippen LogP contribution in [-0.2, 0) is 10.8 Å². The van der Waals surface area contributed by atoms with E-state index in [9.17, 15) is 0 Å². The Hall–Kier alpha value is -6.96. The van der Waals surface area contributed by atoms with E-state index in [0.29, 0.717) is 0 Å². The van der Waals surface area contributed by atoms with Crippen molar-refractivity contribution in [2.24, 2.45) is 0 Å². The maximum absolute atomic E-state index is 2.56. The summed E-state index contributed by atoms with van der Waals surface area (Å²) in [4.78, 5) is 2.54. The molecule has 0 heterocycles. The second kappa shape index (κ2) is 14.3. The van der Waals surface area contributed by atoms with Crippen LogP contribution in [0.4, 0.5) is 17.1 Å². The fourth-order valence-electron chi connectivity index (χ4n) is 11.9. The van der Waals surface area contributed by atoms with Gasteiger partial charge in [0.25, 0.3) is 0 Å². The lowest BCUT2D eigenvalue weighted by atomic mass is 9.68. The maximum atomic E-state index is 2.56. The van der Waals surface area contributed by atoms with Gasteiger partial charge in [-0.2, -0.15) is 0 Å². The Morgan fingerprint density at radius 3 is 1.69 bits per heavy atom. The summed E-state index contributed by atoms with van der Waals surface area (Å²) in [5, 5.41) is 2.51. The van der Waals surface area contributed by atoms with Gasteiger partial charge in [-0.15, -0.1) is 0 Å². The number of benzene rings is 9. The Morgan fingerprint density at radius 1 is 0.371 bits per heavy atom. The van der Waals surface area contributed by atoms with Gasteiger partial charge in [-0.3, -0.25) is 0 Å². The average molecular weight is 796 g/mol. The Bertz CT molecular complexity index is 3180. The van der Waals surface area contributed by atoms with E-state index in [1.807, 2.05) is 0 Å². The van der Waals surface area contributed by atoms with Crippen LogP contribution >= 0.6 is 0 Å². The molecule has 0 aliphatic heterocycles. The van der Waals surface area contributed by atoms with Gasteiger partial charge in [-0.25, -0.2) is 0 Å². The highest BCUT2D eigenvalue weighted by atomic mass is 15.1. The minimum atomic E-state index is -0.0969. The lowest BCUT2D eigenvalue weighted by Gasteiger charge is -2.37. The van der Waals surface area contributed by atoms with Gasteiger partial charge in [0.15, 0.2) is 0 Å². The van der Waals surface area contributed by atoms with Crippen LogP contribution in [0.5, 0.6) is 0 Å². The number of rotatable bonds is 6. The van der Waals surface area contributed by atoms with Crippen LogP contribution in [0.3, 0.4) is 0 Å². The molecule has 1 nitrogen and oxygen atoms in total. The SMILES string of the molecule is CC1(C)c2ccccc2-c2cccc(-c3ccc(N(c4ccc5c(c4)C4(CCCCC4)c4ccccc4-5)c4ccccc4-c4cccc5cccc(-c6ccccc6)c45)cc3)c21. The van der Waals surface area contributed by atoms with Crippen molar-refractivity contribution in [1.29, 1.82) is 0 Å². The highest BCUT2D eigenvalue weighted by Crippen LogP contribution is 2.58. The minimum Gasteiger partial charge on any atom is -0.310 e. The molecule has 0 bridgehead atoms. The fourth-order valence-corrected chi connectivity index (χ4v) is 11.9. The number of fused-ring (bicyclic) bond motifs is 9. The number of hydrogen-bond donors (Lipinski definition) is 0. The van der Waals surface area contributed by atoms with Crippen molar-refractivity contribution in [2.45, 2.75) is 56.8 Å². The number of para-hydroxylation sites is 1. The third-order valence-corrected chi connectivity index (χ3v) is 14.7. The predicted molar refractivity (Wildman–Crippen MR) is 262 cm³/mol. The van der Waals surface area contributed by atoms with E-state index >= 15 is 0 Å². The van der Waals surface area contributed by atoms with Crippen LogP contribution < -0.4 is 4.90 Å². The van der Waals surface area contributed by atoms with Crippen molar-refractivity contribution in [1.82, 2.24) is 0 Å². The van der Waals surface area contributed by atoms with E-state index in [2.05, 4.69) is 219 Å². The summed E-state index contributed by atoms with van der Waals surface area (Å²) in [7, 11) is 0. The maximum Gasteiger partial charge on any atom is 0.0540 e. The van der Waals surface area contributed by atoms with Crippen LogP contribution in [0.2, 0.25) is 0 Å². The molecule has 9 aromatic rings. The largest absolute Gasteiger partial charge is 0.310 e. The first-order valence-electron chi connectivity index (χ1n) is 22.6. The molecule has 1 heteroatoms. The Kier molecular flexibility index (Phi) is 8.51. The van der Waals surface area contributed by atoms with E-state index in [0.717, 1.165) is 5.69 Å². The smallest absolute Gasteiger partial charge is 0.0540 e. The topological polar surface area (TPSA) is 3.24 Å². The quantitative estimate of drug-likeness (QED) is 0.162. The van der Waals surface area contributed by atoms with E-state index in [4.69, 9.17) is 0 Å². The molecule has 0 radical (unpaired) electrons. The fraction of sp³-hybridized carbons (Fsp3) is 0.148. The Balaban J connectivity index is 1.06. The summed E-state index contributed by atoms with van der Waals surface area (Å²) >= 11 is 0. The van der Waals surface area contributed by atoms with E-state index in [1.165, 1.54) is 132 Å². The molecule has 62 heavy (non-hydrogen) atoms. The van der Waals surface area contributed by atoms with Crippen molar-refractivity contribution < 1.29 is 0 Å².